The van der Waals surface area contributed by atoms with Crippen LogP contribution in [0.5, 0.6) is 0 Å². The fourth-order valence-electron chi connectivity index (χ4n) is 1.29. The van der Waals surface area contributed by atoms with Crippen LogP contribution in [-0.4, -0.2) is 22.3 Å². The van der Waals surface area contributed by atoms with E-state index in [0.29, 0.717) is 13.0 Å². The van der Waals surface area contributed by atoms with Crippen molar-refractivity contribution in [3.05, 3.63) is 30.1 Å². The van der Waals surface area contributed by atoms with Gasteiger partial charge in [-0.25, -0.2) is 0 Å². The molecule has 3 nitrogen and oxygen atoms in total. The van der Waals surface area contributed by atoms with Crippen molar-refractivity contribution in [2.75, 3.05) is 6.54 Å². The van der Waals surface area contributed by atoms with E-state index >= 15 is 0 Å². The quantitative estimate of drug-likeness (QED) is 0.729. The largest absolute Gasteiger partial charge is 0.337 e. The number of pyridine rings is 1. The highest BCUT2D eigenvalue weighted by Crippen LogP contribution is 2.02. The maximum atomic E-state index is 11.4. The Morgan fingerprint density at radius 2 is 2.21 bits per heavy atom. The molecule has 0 saturated heterocycles. The molecule has 0 bridgehead atoms. The lowest BCUT2D eigenvalue weighted by Crippen LogP contribution is -2.29. The third kappa shape index (κ3) is 2.83. The Hall–Kier alpha value is -1.38. The number of amides is 1. The number of carbonyl (C=O) groups is 1. The minimum atomic E-state index is 0.179. The van der Waals surface area contributed by atoms with Crippen molar-refractivity contribution in [2.45, 2.75) is 26.8 Å². The molecule has 0 spiro atoms. The predicted octanol–water partition coefficient (Wildman–Crippen LogP) is 1.84. The Kier molecular flexibility index (Phi) is 4.11. The Labute approximate surface area is 84.8 Å². The molecule has 76 valence electrons. The average molecular weight is 192 g/mol. The van der Waals surface area contributed by atoms with Crippen molar-refractivity contribution in [1.82, 2.24) is 9.88 Å². The molecule has 1 amide bonds. The molecule has 0 atom stereocenters. The van der Waals surface area contributed by atoms with Crippen LogP contribution in [0.4, 0.5) is 0 Å². The first kappa shape index (κ1) is 10.7. The van der Waals surface area contributed by atoms with E-state index in [2.05, 4.69) is 4.98 Å². The molecular formula is C11H16N2O. The summed E-state index contributed by atoms with van der Waals surface area (Å²) in [4.78, 5) is 17.4. The van der Waals surface area contributed by atoms with Crippen molar-refractivity contribution in [1.29, 1.82) is 0 Å². The Morgan fingerprint density at radius 3 is 2.71 bits per heavy atom. The molecule has 1 aromatic rings. The smallest absolute Gasteiger partial charge is 0.222 e. The highest BCUT2D eigenvalue weighted by Gasteiger charge is 2.09. The zero-order valence-electron chi connectivity index (χ0n) is 8.73. The van der Waals surface area contributed by atoms with E-state index in [1.807, 2.05) is 36.9 Å². The van der Waals surface area contributed by atoms with Gasteiger partial charge in [-0.1, -0.05) is 13.0 Å². The molecule has 0 aliphatic rings. The highest BCUT2D eigenvalue weighted by atomic mass is 16.2. The van der Waals surface area contributed by atoms with Gasteiger partial charge in [0.25, 0.3) is 0 Å². The minimum Gasteiger partial charge on any atom is -0.337 e. The summed E-state index contributed by atoms with van der Waals surface area (Å²) < 4.78 is 0. The lowest BCUT2D eigenvalue weighted by atomic mass is 10.3. The summed E-state index contributed by atoms with van der Waals surface area (Å²) in [5.74, 6) is 0.179. The van der Waals surface area contributed by atoms with Gasteiger partial charge < -0.3 is 4.90 Å². The molecule has 0 aliphatic carbocycles. The first-order valence-electron chi connectivity index (χ1n) is 4.95. The van der Waals surface area contributed by atoms with E-state index in [1.165, 1.54) is 0 Å². The van der Waals surface area contributed by atoms with Crippen molar-refractivity contribution in [3.8, 4) is 0 Å². The molecular weight excluding hydrogens is 176 g/mol. The third-order valence-electron chi connectivity index (χ3n) is 2.12. The van der Waals surface area contributed by atoms with Crippen LogP contribution in [0.15, 0.2) is 24.4 Å². The Bertz CT molecular complexity index is 285. The van der Waals surface area contributed by atoms with Crippen LogP contribution < -0.4 is 0 Å². The topological polar surface area (TPSA) is 33.2 Å². The molecule has 0 fully saturated rings. The van der Waals surface area contributed by atoms with Crippen LogP contribution in [0.25, 0.3) is 0 Å². The van der Waals surface area contributed by atoms with E-state index in [4.69, 9.17) is 0 Å². The summed E-state index contributed by atoms with van der Waals surface area (Å²) in [6.07, 6.45) is 2.31. The SMILES string of the molecule is CCC(=O)N(CC)Cc1ccccn1. The molecule has 3 heteroatoms. The summed E-state index contributed by atoms with van der Waals surface area (Å²) in [7, 11) is 0. The molecule has 1 aromatic heterocycles. The number of hydrogen-bond donors (Lipinski definition) is 0. The van der Waals surface area contributed by atoms with Crippen LogP contribution in [0.2, 0.25) is 0 Å². The normalized spacial score (nSPS) is 9.86. The second-order valence-corrected chi connectivity index (χ2v) is 3.08. The second-order valence-electron chi connectivity index (χ2n) is 3.08. The van der Waals surface area contributed by atoms with Gasteiger partial charge in [0.1, 0.15) is 0 Å². The van der Waals surface area contributed by atoms with Gasteiger partial charge in [-0.15, -0.1) is 0 Å². The maximum absolute atomic E-state index is 11.4. The van der Waals surface area contributed by atoms with Crippen molar-refractivity contribution in [3.63, 3.8) is 0 Å². The van der Waals surface area contributed by atoms with Crippen molar-refractivity contribution >= 4 is 5.91 Å². The van der Waals surface area contributed by atoms with Gasteiger partial charge in [0.2, 0.25) is 5.91 Å². The van der Waals surface area contributed by atoms with Crippen LogP contribution in [0.1, 0.15) is 26.0 Å². The van der Waals surface area contributed by atoms with Gasteiger partial charge in [-0.3, -0.25) is 9.78 Å². The van der Waals surface area contributed by atoms with E-state index in [0.717, 1.165) is 12.2 Å². The van der Waals surface area contributed by atoms with Gasteiger partial charge in [0.15, 0.2) is 0 Å². The molecule has 14 heavy (non-hydrogen) atoms. The molecule has 1 rings (SSSR count). The minimum absolute atomic E-state index is 0.179. The summed E-state index contributed by atoms with van der Waals surface area (Å²) >= 11 is 0. The monoisotopic (exact) mass is 192 g/mol. The number of hydrogen-bond acceptors (Lipinski definition) is 2. The van der Waals surface area contributed by atoms with Gasteiger partial charge in [-0.05, 0) is 19.1 Å². The third-order valence-corrected chi connectivity index (χ3v) is 2.12. The average Bonchev–Trinajstić information content (AvgIpc) is 2.26. The van der Waals surface area contributed by atoms with Crippen molar-refractivity contribution in [2.24, 2.45) is 0 Å². The molecule has 0 aliphatic heterocycles. The first-order valence-corrected chi connectivity index (χ1v) is 4.95. The predicted molar refractivity (Wildman–Crippen MR) is 55.6 cm³/mol. The lowest BCUT2D eigenvalue weighted by molar-refractivity contribution is -0.131. The fraction of sp³-hybridized carbons (Fsp3) is 0.455. The summed E-state index contributed by atoms with van der Waals surface area (Å²) in [5, 5.41) is 0. The standard InChI is InChI=1S/C11H16N2O/c1-3-11(14)13(4-2)9-10-7-5-6-8-12-10/h5-8H,3-4,9H2,1-2H3. The molecule has 0 aromatic carbocycles. The molecule has 1 heterocycles. The summed E-state index contributed by atoms with van der Waals surface area (Å²) in [6.45, 7) is 5.22. The number of carbonyl (C=O) groups excluding carboxylic acids is 1. The zero-order valence-corrected chi connectivity index (χ0v) is 8.73. The van der Waals surface area contributed by atoms with E-state index in [9.17, 15) is 4.79 Å². The van der Waals surface area contributed by atoms with E-state index in [1.54, 1.807) is 6.20 Å². The molecule has 0 unspecified atom stereocenters. The maximum Gasteiger partial charge on any atom is 0.222 e. The number of nitrogens with zero attached hydrogens (tertiary/aromatic N) is 2. The Balaban J connectivity index is 2.62. The van der Waals surface area contributed by atoms with Gasteiger partial charge in [0.05, 0.1) is 12.2 Å². The fourth-order valence-corrected chi connectivity index (χ4v) is 1.29. The number of rotatable bonds is 4. The summed E-state index contributed by atoms with van der Waals surface area (Å²) in [6, 6.07) is 5.75. The van der Waals surface area contributed by atoms with Crippen LogP contribution >= 0.6 is 0 Å². The van der Waals surface area contributed by atoms with E-state index < -0.39 is 0 Å². The lowest BCUT2D eigenvalue weighted by Gasteiger charge is -2.19. The highest BCUT2D eigenvalue weighted by molar-refractivity contribution is 5.75. The van der Waals surface area contributed by atoms with Gasteiger partial charge >= 0.3 is 0 Å². The van der Waals surface area contributed by atoms with Crippen LogP contribution in [0.3, 0.4) is 0 Å². The van der Waals surface area contributed by atoms with Gasteiger partial charge in [0, 0.05) is 19.2 Å². The molecule has 0 saturated carbocycles. The van der Waals surface area contributed by atoms with Crippen LogP contribution in [-0.2, 0) is 11.3 Å². The zero-order chi connectivity index (χ0) is 10.4. The molecule has 0 radical (unpaired) electrons. The Morgan fingerprint density at radius 1 is 1.43 bits per heavy atom. The van der Waals surface area contributed by atoms with Crippen LogP contribution in [0, 0.1) is 0 Å². The van der Waals surface area contributed by atoms with E-state index in [-0.39, 0.29) is 5.91 Å². The number of aromatic nitrogens is 1. The second kappa shape index (κ2) is 5.37. The van der Waals surface area contributed by atoms with Gasteiger partial charge in [-0.2, -0.15) is 0 Å². The molecule has 0 N–H and O–H groups in total. The summed E-state index contributed by atoms with van der Waals surface area (Å²) in [5.41, 5.74) is 0.941. The van der Waals surface area contributed by atoms with Crippen molar-refractivity contribution < 1.29 is 4.79 Å². The first-order chi connectivity index (χ1) is 6.77.